The number of hydrogen-bond donors (Lipinski definition) is 3. The number of aromatic nitrogens is 2. The predicted molar refractivity (Wildman–Crippen MR) is 250 cm³/mol. The lowest BCUT2D eigenvalue weighted by Crippen LogP contribution is -2.47. The van der Waals surface area contributed by atoms with Crippen LogP contribution in [0.2, 0.25) is 5.02 Å². The molecule has 0 radical (unpaired) electrons. The maximum Gasteiger partial charge on any atom is 0.297 e. The standard InChI is InChI=1S/C47H53ClN8O8S/c1-47(2)12-9-33(40(27-47)31-3-5-34(48)6-4-31)29-54-15-17-55(18-16-54)36-7-8-39(42(24-36)64-37-23-32-10-13-49-45(32)50-28-37)46(57)52-65(60,61)38-25-41(56(58)59)44-43(26-38)63-30-35(51-44)11-14-53-19-21-62-22-20-53/h3-8,10,13,23-26,28,35,51H,9,11-12,14-22,27,29-30H2,1-2H3,(H,49,50)(H,52,57)/t35-/m1/s1. The van der Waals surface area contributed by atoms with Crippen LogP contribution in [0.3, 0.4) is 0 Å². The fraction of sp³-hybridized carbons (Fsp3) is 0.404. The number of piperazine rings is 1. The van der Waals surface area contributed by atoms with Crippen molar-refractivity contribution in [2.75, 3.05) is 82.4 Å². The Morgan fingerprint density at radius 1 is 1.02 bits per heavy atom. The van der Waals surface area contributed by atoms with Crippen molar-refractivity contribution in [2.45, 2.75) is 50.5 Å². The summed E-state index contributed by atoms with van der Waals surface area (Å²) in [6, 6.07) is 18.7. The molecule has 1 atom stereocenters. The largest absolute Gasteiger partial charge is 0.489 e. The van der Waals surface area contributed by atoms with E-state index >= 15 is 0 Å². The van der Waals surface area contributed by atoms with Crippen LogP contribution in [0.5, 0.6) is 17.2 Å². The highest BCUT2D eigenvalue weighted by Gasteiger charge is 2.33. The first-order chi connectivity index (χ1) is 31.3. The number of anilines is 2. The van der Waals surface area contributed by atoms with Crippen LogP contribution in [0.1, 0.15) is 55.5 Å². The molecule has 342 valence electrons. The van der Waals surface area contributed by atoms with Gasteiger partial charge in [0, 0.05) is 92.9 Å². The average molecular weight is 926 g/mol. The number of aromatic amines is 1. The molecule has 0 unspecified atom stereocenters. The normalized spacial score (nSPS) is 19.3. The van der Waals surface area contributed by atoms with E-state index in [1.165, 1.54) is 35.0 Å². The van der Waals surface area contributed by atoms with E-state index in [-0.39, 0.29) is 40.8 Å². The fourth-order valence-corrected chi connectivity index (χ4v) is 10.2. The number of pyridine rings is 1. The van der Waals surface area contributed by atoms with Crippen LogP contribution >= 0.6 is 11.6 Å². The van der Waals surface area contributed by atoms with Gasteiger partial charge in [0.2, 0.25) is 0 Å². The van der Waals surface area contributed by atoms with Gasteiger partial charge in [0.1, 0.15) is 23.8 Å². The summed E-state index contributed by atoms with van der Waals surface area (Å²) >= 11 is 6.25. The van der Waals surface area contributed by atoms with Crippen molar-refractivity contribution in [1.29, 1.82) is 0 Å². The third kappa shape index (κ3) is 10.2. The highest BCUT2D eigenvalue weighted by molar-refractivity contribution is 7.90. The minimum Gasteiger partial charge on any atom is -0.489 e. The second-order valence-electron chi connectivity index (χ2n) is 18.0. The van der Waals surface area contributed by atoms with Gasteiger partial charge in [0.15, 0.2) is 11.4 Å². The van der Waals surface area contributed by atoms with Crippen LogP contribution in [0.25, 0.3) is 16.6 Å². The molecule has 0 bridgehead atoms. The minimum absolute atomic E-state index is 0.0113. The summed E-state index contributed by atoms with van der Waals surface area (Å²) in [6.45, 7) is 12.4. The Hall–Kier alpha value is -5.72. The van der Waals surface area contributed by atoms with Crippen LogP contribution in [0, 0.1) is 15.5 Å². The van der Waals surface area contributed by atoms with Crippen molar-refractivity contribution < 1.29 is 32.3 Å². The maximum absolute atomic E-state index is 14.1. The topological polar surface area (TPSA) is 184 Å². The second kappa shape index (κ2) is 18.6. The van der Waals surface area contributed by atoms with Crippen molar-refractivity contribution in [3.05, 3.63) is 111 Å². The molecule has 3 aliphatic heterocycles. The minimum atomic E-state index is -4.65. The van der Waals surface area contributed by atoms with Gasteiger partial charge < -0.3 is 29.4 Å². The first-order valence-corrected chi connectivity index (χ1v) is 23.9. The Morgan fingerprint density at radius 2 is 1.80 bits per heavy atom. The van der Waals surface area contributed by atoms with Crippen molar-refractivity contribution in [1.82, 2.24) is 24.5 Å². The molecule has 3 N–H and O–H groups in total. The maximum atomic E-state index is 14.1. The fourth-order valence-electron chi connectivity index (χ4n) is 9.11. The monoisotopic (exact) mass is 924 g/mol. The van der Waals surface area contributed by atoms with E-state index in [0.717, 1.165) is 80.7 Å². The zero-order chi connectivity index (χ0) is 45.3. The van der Waals surface area contributed by atoms with Crippen LogP contribution in [-0.4, -0.2) is 117 Å². The molecular weight excluding hydrogens is 872 g/mol. The molecule has 16 nitrogen and oxygen atoms in total. The smallest absolute Gasteiger partial charge is 0.297 e. The predicted octanol–water partition coefficient (Wildman–Crippen LogP) is 7.72. The molecule has 0 spiro atoms. The Kier molecular flexibility index (Phi) is 12.8. The first-order valence-electron chi connectivity index (χ1n) is 22.1. The summed E-state index contributed by atoms with van der Waals surface area (Å²) in [7, 11) is -4.65. The van der Waals surface area contributed by atoms with Gasteiger partial charge in [-0.2, -0.15) is 0 Å². The van der Waals surface area contributed by atoms with Gasteiger partial charge in [-0.15, -0.1) is 0 Å². The van der Waals surface area contributed by atoms with Crippen molar-refractivity contribution in [3.8, 4) is 17.2 Å². The third-order valence-corrected chi connectivity index (χ3v) is 14.4. The number of carbonyl (C=O) groups excluding carboxylic acids is 1. The van der Waals surface area contributed by atoms with Crippen molar-refractivity contribution >= 4 is 61.2 Å². The summed E-state index contributed by atoms with van der Waals surface area (Å²) < 4.78 is 47.7. The van der Waals surface area contributed by atoms with E-state index in [1.807, 2.05) is 18.2 Å². The SMILES string of the molecule is CC1(C)CCC(CN2CCN(c3ccc(C(=O)NS(=O)(=O)c4cc5c(c([N+](=O)[O-])c4)N[C@H](CCN4CCOCC4)CO5)c(Oc4cnc5[nH]ccc5c4)c3)CC2)=C(c2ccc(Cl)cc2)C1. The molecule has 2 fully saturated rings. The number of H-pyrrole nitrogens is 1. The lowest BCUT2D eigenvalue weighted by Gasteiger charge is -2.39. The van der Waals surface area contributed by atoms with E-state index < -0.39 is 31.4 Å². The second-order valence-corrected chi connectivity index (χ2v) is 20.1. The Labute approximate surface area is 383 Å². The highest BCUT2D eigenvalue weighted by atomic mass is 35.5. The molecule has 5 heterocycles. The molecule has 1 amide bonds. The summed E-state index contributed by atoms with van der Waals surface area (Å²) in [5.41, 5.74) is 5.33. The van der Waals surface area contributed by atoms with E-state index in [0.29, 0.717) is 44.1 Å². The summed E-state index contributed by atoms with van der Waals surface area (Å²) in [5.74, 6) is -0.508. The number of rotatable bonds is 13. The van der Waals surface area contributed by atoms with Crippen LogP contribution in [0.15, 0.2) is 89.6 Å². The quantitative estimate of drug-likeness (QED) is 0.0771. The number of nitro benzene ring substituents is 1. The highest BCUT2D eigenvalue weighted by Crippen LogP contribution is 2.44. The van der Waals surface area contributed by atoms with E-state index in [9.17, 15) is 23.3 Å². The van der Waals surface area contributed by atoms with Gasteiger partial charge in [0.25, 0.3) is 21.6 Å². The molecule has 5 aromatic rings. The molecule has 18 heteroatoms. The Morgan fingerprint density at radius 3 is 2.57 bits per heavy atom. The Balaban J connectivity index is 0.928. The third-order valence-electron chi connectivity index (χ3n) is 12.8. The summed E-state index contributed by atoms with van der Waals surface area (Å²) in [4.78, 5) is 39.7. The van der Waals surface area contributed by atoms with Gasteiger partial charge in [-0.3, -0.25) is 24.7 Å². The number of nitro groups is 1. The number of nitrogens with one attached hydrogen (secondary N) is 3. The zero-order valence-corrected chi connectivity index (χ0v) is 38.1. The molecule has 9 rings (SSSR count). The molecule has 1 aliphatic carbocycles. The lowest BCUT2D eigenvalue weighted by molar-refractivity contribution is -0.384. The van der Waals surface area contributed by atoms with E-state index in [2.05, 4.69) is 60.7 Å². The lowest BCUT2D eigenvalue weighted by atomic mass is 9.72. The van der Waals surface area contributed by atoms with Gasteiger partial charge in [-0.1, -0.05) is 43.2 Å². The van der Waals surface area contributed by atoms with Gasteiger partial charge >= 0.3 is 0 Å². The summed E-state index contributed by atoms with van der Waals surface area (Å²) in [5, 5.41) is 17.0. The van der Waals surface area contributed by atoms with Crippen LogP contribution in [0.4, 0.5) is 17.1 Å². The Bertz CT molecular complexity index is 2730. The van der Waals surface area contributed by atoms with Crippen molar-refractivity contribution in [3.63, 3.8) is 0 Å². The van der Waals surface area contributed by atoms with Crippen LogP contribution < -0.4 is 24.4 Å². The number of hydrogen-bond acceptors (Lipinski definition) is 13. The number of sulfonamides is 1. The number of ether oxygens (including phenoxy) is 3. The van der Waals surface area contributed by atoms with Crippen LogP contribution in [-0.2, 0) is 14.8 Å². The number of nitrogens with zero attached hydrogens (tertiary/aromatic N) is 5. The molecule has 4 aliphatic rings. The number of morpholine rings is 1. The van der Waals surface area contributed by atoms with Gasteiger partial charge in [0.05, 0.1) is 40.8 Å². The first kappa shape index (κ1) is 44.5. The zero-order valence-electron chi connectivity index (χ0n) is 36.5. The number of benzene rings is 3. The summed E-state index contributed by atoms with van der Waals surface area (Å²) in [6.07, 6.45) is 7.12. The average Bonchev–Trinajstić information content (AvgIpc) is 3.77. The molecular formula is C47H53ClN8O8S. The van der Waals surface area contributed by atoms with E-state index in [1.54, 1.807) is 24.4 Å². The number of carbonyl (C=O) groups is 1. The molecule has 65 heavy (non-hydrogen) atoms. The molecule has 0 saturated carbocycles. The number of halogens is 1. The number of allylic oxidation sites excluding steroid dienone is 1. The molecule has 3 aromatic carbocycles. The van der Waals surface area contributed by atoms with E-state index in [4.69, 9.17) is 25.8 Å². The van der Waals surface area contributed by atoms with Crippen molar-refractivity contribution in [2.24, 2.45) is 5.41 Å². The van der Waals surface area contributed by atoms with Gasteiger partial charge in [-0.05, 0) is 78.6 Å². The van der Waals surface area contributed by atoms with Gasteiger partial charge in [-0.25, -0.2) is 18.1 Å². The molecule has 2 aromatic heterocycles. The molecule has 2 saturated heterocycles. The number of amides is 1. The number of fused-ring (bicyclic) bond motifs is 2.